The Hall–Kier alpha value is -2.93. The molecule has 2 atom stereocenters. The third kappa shape index (κ3) is 4.53. The Labute approximate surface area is 204 Å². The molecule has 0 spiro atoms. The highest BCUT2D eigenvalue weighted by molar-refractivity contribution is 6.31. The summed E-state index contributed by atoms with van der Waals surface area (Å²) in [4.78, 5) is 24.9. The van der Waals surface area contributed by atoms with Crippen LogP contribution in [0, 0.1) is 0 Å². The second-order valence-corrected chi connectivity index (χ2v) is 9.51. The molecule has 3 heterocycles. The number of pyridine rings is 1. The fourth-order valence-electron chi connectivity index (χ4n) is 5.08. The summed E-state index contributed by atoms with van der Waals surface area (Å²) < 4.78 is 0. The number of aldehydes is 1. The number of anilines is 1. The summed E-state index contributed by atoms with van der Waals surface area (Å²) in [5, 5.41) is 6.37. The molecule has 176 valence electrons. The number of nitrogens with one attached hydrogen (secondary N) is 2. The molecule has 1 aliphatic rings. The maximum atomic E-state index is 12.2. The Bertz CT molecular complexity index is 1320. The van der Waals surface area contributed by atoms with E-state index in [9.17, 15) is 4.79 Å². The van der Waals surface area contributed by atoms with E-state index in [-0.39, 0.29) is 12.1 Å². The zero-order valence-electron chi connectivity index (χ0n) is 19.6. The number of rotatable bonds is 7. The van der Waals surface area contributed by atoms with E-state index in [0.717, 1.165) is 77.2 Å². The number of aromatic amines is 1. The number of hydrogen-bond acceptors (Lipinski definition) is 5. The van der Waals surface area contributed by atoms with Crippen LogP contribution in [-0.2, 0) is 17.9 Å². The van der Waals surface area contributed by atoms with Crippen molar-refractivity contribution in [2.24, 2.45) is 0 Å². The molecule has 2 N–H and O–H groups in total. The van der Waals surface area contributed by atoms with Crippen LogP contribution < -0.4 is 5.32 Å². The Morgan fingerprint density at radius 1 is 1.12 bits per heavy atom. The Morgan fingerprint density at radius 3 is 2.79 bits per heavy atom. The number of carbonyl (C=O) groups is 1. The molecule has 6 nitrogen and oxygen atoms in total. The first kappa shape index (κ1) is 22.8. The van der Waals surface area contributed by atoms with Crippen molar-refractivity contribution in [2.45, 2.75) is 39.0 Å². The number of aromatic nitrogens is 2. The number of nitrogens with zero attached hydrogens (tertiary/aromatic N) is 3. The molecule has 4 aromatic rings. The third-order valence-corrected chi connectivity index (χ3v) is 7.11. The van der Waals surface area contributed by atoms with Crippen LogP contribution in [0.2, 0.25) is 5.02 Å². The fourth-order valence-corrected chi connectivity index (χ4v) is 5.26. The van der Waals surface area contributed by atoms with Gasteiger partial charge in [0.1, 0.15) is 6.29 Å². The summed E-state index contributed by atoms with van der Waals surface area (Å²) >= 11 is 6.14. The van der Waals surface area contributed by atoms with Gasteiger partial charge >= 0.3 is 0 Å². The van der Waals surface area contributed by atoms with E-state index in [0.29, 0.717) is 0 Å². The van der Waals surface area contributed by atoms with Crippen LogP contribution in [0.1, 0.15) is 25.1 Å². The van der Waals surface area contributed by atoms with E-state index < -0.39 is 0 Å². The summed E-state index contributed by atoms with van der Waals surface area (Å²) in [5.41, 5.74) is 5.48. The van der Waals surface area contributed by atoms with Crippen LogP contribution in [0.3, 0.4) is 0 Å². The molecule has 0 radical (unpaired) electrons. The van der Waals surface area contributed by atoms with E-state index in [1.54, 1.807) is 0 Å². The molecule has 34 heavy (non-hydrogen) atoms. The van der Waals surface area contributed by atoms with Crippen LogP contribution in [0.25, 0.3) is 21.8 Å². The predicted molar refractivity (Wildman–Crippen MR) is 139 cm³/mol. The number of piperazine rings is 1. The first-order chi connectivity index (χ1) is 16.6. The molecule has 1 aliphatic heterocycles. The smallest absolute Gasteiger partial charge is 0.138 e. The lowest BCUT2D eigenvalue weighted by molar-refractivity contribution is -0.117. The number of halogens is 1. The van der Waals surface area contributed by atoms with Crippen LogP contribution in [0.4, 0.5) is 5.69 Å². The summed E-state index contributed by atoms with van der Waals surface area (Å²) in [6.45, 7) is 8.36. The van der Waals surface area contributed by atoms with Crippen molar-refractivity contribution in [2.75, 3.05) is 25.0 Å². The molecule has 2 aromatic heterocycles. The minimum absolute atomic E-state index is 0.111. The molecule has 7 heteroatoms. The van der Waals surface area contributed by atoms with Crippen molar-refractivity contribution in [3.05, 3.63) is 71.0 Å². The third-order valence-electron chi connectivity index (χ3n) is 6.88. The zero-order chi connectivity index (χ0) is 23.7. The monoisotopic (exact) mass is 475 g/mol. The molecule has 0 amide bonds. The van der Waals surface area contributed by atoms with Crippen molar-refractivity contribution < 1.29 is 4.79 Å². The van der Waals surface area contributed by atoms with E-state index >= 15 is 0 Å². The van der Waals surface area contributed by atoms with Gasteiger partial charge in [-0.05, 0) is 55.8 Å². The van der Waals surface area contributed by atoms with Crippen LogP contribution >= 0.6 is 11.6 Å². The quantitative estimate of drug-likeness (QED) is 0.365. The van der Waals surface area contributed by atoms with E-state index in [1.807, 2.05) is 30.5 Å². The van der Waals surface area contributed by atoms with Crippen molar-refractivity contribution in [1.29, 1.82) is 0 Å². The first-order valence-electron chi connectivity index (χ1n) is 11.9. The molecule has 1 fully saturated rings. The van der Waals surface area contributed by atoms with Gasteiger partial charge in [-0.25, -0.2) is 0 Å². The molecule has 2 aromatic carbocycles. The van der Waals surface area contributed by atoms with Gasteiger partial charge in [-0.2, -0.15) is 0 Å². The molecule has 0 aliphatic carbocycles. The Morgan fingerprint density at radius 2 is 1.97 bits per heavy atom. The number of benzene rings is 2. The minimum atomic E-state index is -0.163. The SMILES string of the molecule is CCNc1ccnc2cc(CN3CCN(Cc4cc5cc(Cl)ccc5[nH]4)C(C)C3C=O)ccc12. The normalized spacial score (nSPS) is 19.6. The highest BCUT2D eigenvalue weighted by Crippen LogP contribution is 2.26. The number of fused-ring (bicyclic) bond motifs is 2. The summed E-state index contributed by atoms with van der Waals surface area (Å²) in [6.07, 6.45) is 2.95. The second kappa shape index (κ2) is 9.74. The lowest BCUT2D eigenvalue weighted by Gasteiger charge is -2.44. The summed E-state index contributed by atoms with van der Waals surface area (Å²) in [5.74, 6) is 0. The number of H-pyrrole nitrogens is 1. The van der Waals surface area contributed by atoms with Crippen molar-refractivity contribution >= 4 is 45.4 Å². The minimum Gasteiger partial charge on any atom is -0.385 e. The molecule has 0 saturated carbocycles. The summed E-state index contributed by atoms with van der Waals surface area (Å²) in [7, 11) is 0. The van der Waals surface area contributed by atoms with Gasteiger partial charge in [0.05, 0.1) is 11.6 Å². The van der Waals surface area contributed by atoms with Crippen molar-refractivity contribution in [3.63, 3.8) is 0 Å². The molecule has 5 rings (SSSR count). The molecular formula is C27H30ClN5O. The Balaban J connectivity index is 1.30. The molecule has 1 saturated heterocycles. The topological polar surface area (TPSA) is 64.3 Å². The second-order valence-electron chi connectivity index (χ2n) is 9.07. The predicted octanol–water partition coefficient (Wildman–Crippen LogP) is 5.08. The maximum absolute atomic E-state index is 12.2. The van der Waals surface area contributed by atoms with Crippen molar-refractivity contribution in [1.82, 2.24) is 19.8 Å². The number of carbonyl (C=O) groups excluding carboxylic acids is 1. The van der Waals surface area contributed by atoms with Gasteiger partial charge in [-0.3, -0.25) is 14.8 Å². The van der Waals surface area contributed by atoms with Gasteiger partial charge in [0.15, 0.2) is 0 Å². The van der Waals surface area contributed by atoms with Gasteiger partial charge in [0, 0.05) is 77.7 Å². The largest absolute Gasteiger partial charge is 0.385 e. The van der Waals surface area contributed by atoms with Gasteiger partial charge in [-0.15, -0.1) is 0 Å². The molecule has 0 bridgehead atoms. The molecular weight excluding hydrogens is 446 g/mol. The van der Waals surface area contributed by atoms with Crippen LogP contribution in [0.5, 0.6) is 0 Å². The zero-order valence-corrected chi connectivity index (χ0v) is 20.3. The average molecular weight is 476 g/mol. The average Bonchev–Trinajstić information content (AvgIpc) is 3.23. The lowest BCUT2D eigenvalue weighted by Crippen LogP contribution is -2.58. The lowest BCUT2D eigenvalue weighted by atomic mass is 10.0. The first-order valence-corrected chi connectivity index (χ1v) is 12.3. The van der Waals surface area contributed by atoms with Gasteiger partial charge in [0.25, 0.3) is 0 Å². The van der Waals surface area contributed by atoms with E-state index in [1.165, 1.54) is 5.56 Å². The highest BCUT2D eigenvalue weighted by atomic mass is 35.5. The fraction of sp³-hybridized carbons (Fsp3) is 0.333. The summed E-state index contributed by atoms with van der Waals surface area (Å²) in [6, 6.07) is 16.4. The molecule has 2 unspecified atom stereocenters. The van der Waals surface area contributed by atoms with Gasteiger partial charge in [-0.1, -0.05) is 23.7 Å². The van der Waals surface area contributed by atoms with Crippen LogP contribution in [-0.4, -0.2) is 57.8 Å². The van der Waals surface area contributed by atoms with Gasteiger partial charge in [0.2, 0.25) is 0 Å². The highest BCUT2D eigenvalue weighted by Gasteiger charge is 2.33. The van der Waals surface area contributed by atoms with Crippen LogP contribution in [0.15, 0.2) is 54.7 Å². The van der Waals surface area contributed by atoms with E-state index in [2.05, 4.69) is 63.2 Å². The standard InChI is InChI=1S/C27H30ClN5O/c1-3-29-25-8-9-30-26-12-19(4-6-23(25)26)15-33-11-10-32(18(2)27(33)17-34)16-22-14-20-13-21(28)5-7-24(20)31-22/h4-9,12-14,17-18,27,31H,3,10-11,15-16H2,1-2H3,(H,29,30). The van der Waals surface area contributed by atoms with Gasteiger partial charge < -0.3 is 15.1 Å². The maximum Gasteiger partial charge on any atom is 0.138 e. The van der Waals surface area contributed by atoms with E-state index in [4.69, 9.17) is 11.6 Å². The number of hydrogen-bond donors (Lipinski definition) is 2. The van der Waals surface area contributed by atoms with Crippen molar-refractivity contribution in [3.8, 4) is 0 Å². The Kier molecular flexibility index (Phi) is 6.55.